The summed E-state index contributed by atoms with van der Waals surface area (Å²) >= 11 is 6.03. The lowest BCUT2D eigenvalue weighted by atomic mass is 10.1. The summed E-state index contributed by atoms with van der Waals surface area (Å²) in [5.74, 6) is 0.0522. The molecule has 3 N–H and O–H groups in total. The van der Waals surface area contributed by atoms with Crippen LogP contribution in [0.25, 0.3) is 0 Å². The SMILES string of the molecule is O=C1CC[C@@H](NC(=O)N[C@H]2CCN(c3cccc(Cl)c3)C2)CN1. The predicted molar refractivity (Wildman–Crippen MR) is 89.8 cm³/mol. The fraction of sp³-hybridized carbons (Fsp3) is 0.500. The number of anilines is 1. The van der Waals surface area contributed by atoms with Gasteiger partial charge in [-0.1, -0.05) is 17.7 Å². The van der Waals surface area contributed by atoms with E-state index in [0.717, 1.165) is 30.2 Å². The minimum atomic E-state index is -0.163. The zero-order valence-corrected chi connectivity index (χ0v) is 13.6. The highest BCUT2D eigenvalue weighted by molar-refractivity contribution is 6.30. The summed E-state index contributed by atoms with van der Waals surface area (Å²) in [5.41, 5.74) is 1.08. The number of rotatable bonds is 3. The molecule has 2 aliphatic heterocycles. The molecule has 0 radical (unpaired) electrons. The molecule has 23 heavy (non-hydrogen) atoms. The van der Waals surface area contributed by atoms with Crippen molar-refractivity contribution >= 4 is 29.2 Å². The van der Waals surface area contributed by atoms with E-state index in [2.05, 4.69) is 20.9 Å². The van der Waals surface area contributed by atoms with Gasteiger partial charge in [-0.05, 0) is 31.0 Å². The first kappa shape index (κ1) is 15.9. The lowest BCUT2D eigenvalue weighted by Gasteiger charge is -2.24. The van der Waals surface area contributed by atoms with Crippen molar-refractivity contribution in [3.05, 3.63) is 29.3 Å². The second kappa shape index (κ2) is 7.08. The molecule has 6 nitrogen and oxygen atoms in total. The van der Waals surface area contributed by atoms with E-state index in [4.69, 9.17) is 11.6 Å². The number of hydrogen-bond donors (Lipinski definition) is 3. The Morgan fingerprint density at radius 3 is 2.83 bits per heavy atom. The predicted octanol–water partition coefficient (Wildman–Crippen LogP) is 1.50. The fourth-order valence-corrected chi connectivity index (χ4v) is 3.24. The van der Waals surface area contributed by atoms with E-state index in [1.54, 1.807) is 0 Å². The van der Waals surface area contributed by atoms with Gasteiger partial charge in [-0.25, -0.2) is 4.79 Å². The van der Waals surface area contributed by atoms with Crippen LogP contribution in [0, 0.1) is 0 Å². The van der Waals surface area contributed by atoms with Crippen LogP contribution < -0.4 is 20.9 Å². The molecule has 3 rings (SSSR count). The van der Waals surface area contributed by atoms with Crippen molar-refractivity contribution in [2.24, 2.45) is 0 Å². The number of halogens is 1. The number of nitrogens with zero attached hydrogens (tertiary/aromatic N) is 1. The monoisotopic (exact) mass is 336 g/mol. The van der Waals surface area contributed by atoms with Crippen LogP contribution in [0.4, 0.5) is 10.5 Å². The van der Waals surface area contributed by atoms with E-state index in [9.17, 15) is 9.59 Å². The number of hydrogen-bond acceptors (Lipinski definition) is 3. The molecule has 0 spiro atoms. The molecular weight excluding hydrogens is 316 g/mol. The Morgan fingerprint density at radius 1 is 1.26 bits per heavy atom. The summed E-state index contributed by atoms with van der Waals surface area (Å²) in [4.78, 5) is 25.4. The Balaban J connectivity index is 1.46. The quantitative estimate of drug-likeness (QED) is 0.783. The standard InChI is InChI=1S/C16H21ClN4O2/c17-11-2-1-3-14(8-11)21-7-6-13(10-21)20-16(23)19-12-4-5-15(22)18-9-12/h1-3,8,12-13H,4-7,9-10H2,(H,18,22)(H2,19,20,23)/t12-,13+/m1/s1. The van der Waals surface area contributed by atoms with Crippen molar-refractivity contribution in [3.63, 3.8) is 0 Å². The number of carbonyl (C=O) groups is 2. The largest absolute Gasteiger partial charge is 0.369 e. The maximum absolute atomic E-state index is 12.1. The van der Waals surface area contributed by atoms with Crippen LogP contribution in [0.2, 0.25) is 5.02 Å². The topological polar surface area (TPSA) is 73.5 Å². The van der Waals surface area contributed by atoms with Crippen molar-refractivity contribution in [2.75, 3.05) is 24.5 Å². The Bertz CT molecular complexity index is 585. The molecule has 2 heterocycles. The van der Waals surface area contributed by atoms with Crippen LogP contribution >= 0.6 is 11.6 Å². The van der Waals surface area contributed by atoms with E-state index in [1.165, 1.54) is 0 Å². The molecule has 3 amide bonds. The molecule has 124 valence electrons. The van der Waals surface area contributed by atoms with Crippen LogP contribution in [0.3, 0.4) is 0 Å². The van der Waals surface area contributed by atoms with Crippen LogP contribution in [0.1, 0.15) is 19.3 Å². The summed E-state index contributed by atoms with van der Waals surface area (Å²) in [6.45, 7) is 2.17. The summed E-state index contributed by atoms with van der Waals surface area (Å²) < 4.78 is 0. The zero-order chi connectivity index (χ0) is 16.2. The third kappa shape index (κ3) is 4.28. The summed E-state index contributed by atoms with van der Waals surface area (Å²) in [6.07, 6.45) is 2.07. The molecule has 7 heteroatoms. The zero-order valence-electron chi connectivity index (χ0n) is 12.8. The first-order chi connectivity index (χ1) is 11.1. The number of urea groups is 1. The van der Waals surface area contributed by atoms with Crippen molar-refractivity contribution in [3.8, 4) is 0 Å². The third-order valence-corrected chi connectivity index (χ3v) is 4.53. The lowest BCUT2D eigenvalue weighted by Crippen LogP contribution is -2.52. The van der Waals surface area contributed by atoms with Crippen LogP contribution in [-0.2, 0) is 4.79 Å². The normalized spacial score (nSPS) is 24.2. The highest BCUT2D eigenvalue weighted by Crippen LogP contribution is 2.23. The first-order valence-electron chi connectivity index (χ1n) is 7.94. The molecule has 1 aromatic rings. The first-order valence-corrected chi connectivity index (χ1v) is 8.32. The van der Waals surface area contributed by atoms with Gasteiger partial charge in [-0.3, -0.25) is 4.79 Å². The third-order valence-electron chi connectivity index (χ3n) is 4.30. The molecular formula is C16H21ClN4O2. The molecule has 2 aliphatic rings. The molecule has 2 fully saturated rings. The van der Waals surface area contributed by atoms with Gasteiger partial charge in [0.15, 0.2) is 0 Å². The van der Waals surface area contributed by atoms with Crippen LogP contribution in [0.5, 0.6) is 0 Å². The maximum Gasteiger partial charge on any atom is 0.315 e. The summed E-state index contributed by atoms with van der Waals surface area (Å²) in [7, 11) is 0. The highest BCUT2D eigenvalue weighted by Gasteiger charge is 2.25. The summed E-state index contributed by atoms with van der Waals surface area (Å²) in [6, 6.07) is 7.72. The second-order valence-corrected chi connectivity index (χ2v) is 6.51. The van der Waals surface area contributed by atoms with Crippen molar-refractivity contribution in [2.45, 2.75) is 31.3 Å². The average Bonchev–Trinajstić information content (AvgIpc) is 2.98. The fourth-order valence-electron chi connectivity index (χ4n) is 3.05. The molecule has 2 saturated heterocycles. The van der Waals surface area contributed by atoms with E-state index >= 15 is 0 Å². The smallest absolute Gasteiger partial charge is 0.315 e. The minimum absolute atomic E-state index is 0.0122. The summed E-state index contributed by atoms with van der Waals surface area (Å²) in [5, 5.41) is 9.42. The minimum Gasteiger partial charge on any atom is -0.369 e. The molecule has 0 bridgehead atoms. The average molecular weight is 337 g/mol. The van der Waals surface area contributed by atoms with Gasteiger partial charge < -0.3 is 20.9 Å². The molecule has 1 aromatic carbocycles. The van der Waals surface area contributed by atoms with Gasteiger partial charge >= 0.3 is 6.03 Å². The molecule has 0 saturated carbocycles. The lowest BCUT2D eigenvalue weighted by molar-refractivity contribution is -0.122. The van der Waals surface area contributed by atoms with E-state index in [1.807, 2.05) is 24.3 Å². The Hall–Kier alpha value is -1.95. The number of nitrogens with one attached hydrogen (secondary N) is 3. The molecule has 0 aliphatic carbocycles. The highest BCUT2D eigenvalue weighted by atomic mass is 35.5. The van der Waals surface area contributed by atoms with Crippen molar-refractivity contribution in [1.82, 2.24) is 16.0 Å². The van der Waals surface area contributed by atoms with E-state index in [-0.39, 0.29) is 24.0 Å². The number of amides is 3. The maximum atomic E-state index is 12.1. The number of benzene rings is 1. The van der Waals surface area contributed by atoms with Gasteiger partial charge in [0.2, 0.25) is 5.91 Å². The van der Waals surface area contributed by atoms with Crippen molar-refractivity contribution in [1.29, 1.82) is 0 Å². The molecule has 2 atom stereocenters. The van der Waals surface area contributed by atoms with Gasteiger partial charge in [0.05, 0.1) is 0 Å². The number of carbonyl (C=O) groups excluding carboxylic acids is 2. The molecule has 0 aromatic heterocycles. The van der Waals surface area contributed by atoms with Gasteiger partial charge in [-0.15, -0.1) is 0 Å². The van der Waals surface area contributed by atoms with Gasteiger partial charge in [0, 0.05) is 48.8 Å². The van der Waals surface area contributed by atoms with Crippen molar-refractivity contribution < 1.29 is 9.59 Å². The van der Waals surface area contributed by atoms with Crippen LogP contribution in [-0.4, -0.2) is 43.7 Å². The van der Waals surface area contributed by atoms with Gasteiger partial charge in [-0.2, -0.15) is 0 Å². The second-order valence-electron chi connectivity index (χ2n) is 6.07. The van der Waals surface area contributed by atoms with E-state index in [0.29, 0.717) is 19.4 Å². The Kier molecular flexibility index (Phi) is 4.91. The Labute approximate surface area is 140 Å². The molecule has 0 unspecified atom stereocenters. The van der Waals surface area contributed by atoms with E-state index < -0.39 is 0 Å². The van der Waals surface area contributed by atoms with Gasteiger partial charge in [0.1, 0.15) is 0 Å². The van der Waals surface area contributed by atoms with Crippen LogP contribution in [0.15, 0.2) is 24.3 Å². The Morgan fingerprint density at radius 2 is 2.09 bits per heavy atom. The number of piperidine rings is 1. The van der Waals surface area contributed by atoms with Gasteiger partial charge in [0.25, 0.3) is 0 Å².